The average Bonchev–Trinajstić information content (AvgIpc) is 2.88. The molecular formula is C29H21N2OSSn. The van der Waals surface area contributed by atoms with E-state index in [4.69, 9.17) is 4.98 Å². The van der Waals surface area contributed by atoms with Crippen LogP contribution in [0, 0.1) is 0 Å². The standard InChI is InChI=1S/C29H22N2OS.Sn/c1-19(2)31-28(32)27-24(30-29(31)33)18-23(20-12-6-3-7-13-20)25(21-14-8-4-9-15-21)26(27)22-16-10-5-11-17-22;/h3-18H,1H2,2H3,(H,30,33);/q;+1/p-1. The van der Waals surface area contributed by atoms with E-state index in [0.717, 1.165) is 33.4 Å². The molecule has 5 aromatic rings. The summed E-state index contributed by atoms with van der Waals surface area (Å²) in [7, 11) is 1.54. The minimum atomic E-state index is -0.0851. The van der Waals surface area contributed by atoms with Gasteiger partial charge in [-0.2, -0.15) is 0 Å². The van der Waals surface area contributed by atoms with Crippen LogP contribution in [0.5, 0.6) is 0 Å². The van der Waals surface area contributed by atoms with Crippen molar-refractivity contribution >= 4 is 46.7 Å². The quantitative estimate of drug-likeness (QED) is 0.169. The topological polar surface area (TPSA) is 34.9 Å². The fourth-order valence-electron chi connectivity index (χ4n) is 4.37. The van der Waals surface area contributed by atoms with E-state index in [9.17, 15) is 4.79 Å². The van der Waals surface area contributed by atoms with E-state index >= 15 is 0 Å². The molecule has 5 heteroatoms. The predicted octanol–water partition coefficient (Wildman–Crippen LogP) is 7.06. The Morgan fingerprint density at radius 2 is 1.32 bits per heavy atom. The van der Waals surface area contributed by atoms with Gasteiger partial charge >= 0.3 is 216 Å². The molecule has 0 unspecified atom stereocenters. The van der Waals surface area contributed by atoms with Gasteiger partial charge in [0, 0.05) is 0 Å². The third-order valence-corrected chi connectivity index (χ3v) is 7.83. The van der Waals surface area contributed by atoms with Gasteiger partial charge in [0.1, 0.15) is 0 Å². The van der Waals surface area contributed by atoms with Gasteiger partial charge in [0.05, 0.1) is 0 Å². The second kappa shape index (κ2) is 9.64. The van der Waals surface area contributed by atoms with Crippen molar-refractivity contribution in [1.29, 1.82) is 0 Å². The summed E-state index contributed by atoms with van der Waals surface area (Å²) in [5.41, 5.74) is 7.39. The van der Waals surface area contributed by atoms with Gasteiger partial charge in [-0.25, -0.2) is 0 Å². The van der Waals surface area contributed by atoms with Crippen LogP contribution in [0.15, 0.2) is 114 Å². The van der Waals surface area contributed by atoms with E-state index in [0.29, 0.717) is 21.8 Å². The summed E-state index contributed by atoms with van der Waals surface area (Å²) in [5.74, 6) is 0. The van der Waals surface area contributed by atoms with Crippen LogP contribution in [0.4, 0.5) is 0 Å². The molecule has 3 nitrogen and oxygen atoms in total. The molecule has 1 heterocycles. The van der Waals surface area contributed by atoms with Crippen molar-refractivity contribution in [3.8, 4) is 33.4 Å². The van der Waals surface area contributed by atoms with Gasteiger partial charge in [-0.05, 0) is 0 Å². The van der Waals surface area contributed by atoms with E-state index in [2.05, 4.69) is 49.0 Å². The van der Waals surface area contributed by atoms with Crippen LogP contribution < -0.4 is 5.56 Å². The second-order valence-corrected chi connectivity index (χ2v) is 10.4. The molecule has 0 aliphatic heterocycles. The molecule has 0 saturated heterocycles. The summed E-state index contributed by atoms with van der Waals surface area (Å²) < 4.78 is 1.64. The molecule has 0 atom stereocenters. The monoisotopic (exact) mass is 565 g/mol. The predicted molar refractivity (Wildman–Crippen MR) is 145 cm³/mol. The van der Waals surface area contributed by atoms with E-state index in [1.54, 1.807) is 4.57 Å². The Hall–Kier alpha value is -3.09. The first-order valence-electron chi connectivity index (χ1n) is 10.9. The molecule has 0 amide bonds. The van der Waals surface area contributed by atoms with E-state index in [1.807, 2.05) is 61.5 Å². The number of benzene rings is 4. The molecule has 34 heavy (non-hydrogen) atoms. The number of hydrogen-bond acceptors (Lipinski definition) is 3. The summed E-state index contributed by atoms with van der Waals surface area (Å²) in [4.78, 5) is 19.0. The number of allylic oxidation sites excluding steroid dienone is 1. The van der Waals surface area contributed by atoms with Crippen molar-refractivity contribution in [3.05, 3.63) is 114 Å². The Bertz CT molecular complexity index is 1560. The molecule has 1 aromatic heterocycles. The maximum atomic E-state index is 14.0. The molecule has 0 saturated carbocycles. The summed E-state index contributed by atoms with van der Waals surface area (Å²) in [6.45, 7) is 5.92. The van der Waals surface area contributed by atoms with Crippen molar-refractivity contribution in [1.82, 2.24) is 9.55 Å². The van der Waals surface area contributed by atoms with Crippen LogP contribution in [-0.4, -0.2) is 30.7 Å². The molecule has 0 fully saturated rings. The fourth-order valence-corrected chi connectivity index (χ4v) is 6.02. The summed E-state index contributed by atoms with van der Waals surface area (Å²) >= 11 is 1.21. The molecule has 3 radical (unpaired) electrons. The van der Waals surface area contributed by atoms with Crippen molar-refractivity contribution < 1.29 is 0 Å². The third-order valence-electron chi connectivity index (χ3n) is 5.81. The average molecular weight is 564 g/mol. The maximum absolute atomic E-state index is 14.0. The Morgan fingerprint density at radius 1 is 0.824 bits per heavy atom. The van der Waals surface area contributed by atoms with Gasteiger partial charge in [-0.1, -0.05) is 0 Å². The van der Waals surface area contributed by atoms with Gasteiger partial charge in [-0.3, -0.25) is 0 Å². The molecule has 0 spiro atoms. The van der Waals surface area contributed by atoms with Crippen LogP contribution >= 0.6 is 8.95 Å². The molecule has 0 aliphatic rings. The van der Waals surface area contributed by atoms with Crippen LogP contribution in [-0.2, 0) is 0 Å². The van der Waals surface area contributed by atoms with Crippen molar-refractivity contribution in [2.45, 2.75) is 12.1 Å². The molecule has 0 aliphatic carbocycles. The SMILES string of the molecule is C=C(C)n1c([S][Sn])nc2cc(-c3ccccc3)c(-c3ccccc3)c(-c3ccccc3)c2c1=O. The molecule has 163 valence electrons. The molecular weight excluding hydrogens is 543 g/mol. The van der Waals surface area contributed by atoms with E-state index in [-0.39, 0.29) is 5.56 Å². The van der Waals surface area contributed by atoms with E-state index < -0.39 is 0 Å². The fraction of sp³-hybridized carbons (Fsp3) is 0.0345. The van der Waals surface area contributed by atoms with Crippen LogP contribution in [0.25, 0.3) is 50.0 Å². The molecule has 4 aromatic carbocycles. The summed E-state index contributed by atoms with van der Waals surface area (Å²) in [6, 6.07) is 32.8. The first-order valence-corrected chi connectivity index (χ1v) is 15.2. The number of hydrogen-bond donors (Lipinski definition) is 0. The zero-order chi connectivity index (χ0) is 23.7. The van der Waals surface area contributed by atoms with Gasteiger partial charge in [-0.15, -0.1) is 0 Å². The Morgan fingerprint density at radius 3 is 1.82 bits per heavy atom. The van der Waals surface area contributed by atoms with Crippen molar-refractivity contribution in [2.75, 3.05) is 0 Å². The third kappa shape index (κ3) is 4.01. The Labute approximate surface area is 214 Å². The van der Waals surface area contributed by atoms with Crippen molar-refractivity contribution in [3.63, 3.8) is 0 Å². The van der Waals surface area contributed by atoms with Crippen LogP contribution in [0.3, 0.4) is 0 Å². The zero-order valence-corrected chi connectivity index (χ0v) is 22.3. The number of nitrogens with zero attached hydrogens (tertiary/aromatic N) is 2. The van der Waals surface area contributed by atoms with E-state index in [1.165, 1.54) is 30.1 Å². The van der Waals surface area contributed by atoms with Crippen molar-refractivity contribution in [2.24, 2.45) is 0 Å². The molecule has 0 N–H and O–H groups in total. The zero-order valence-electron chi connectivity index (χ0n) is 18.7. The number of fused-ring (bicyclic) bond motifs is 1. The normalized spacial score (nSPS) is 11.0. The second-order valence-electron chi connectivity index (χ2n) is 8.04. The van der Waals surface area contributed by atoms with Gasteiger partial charge in [0.25, 0.3) is 0 Å². The molecule has 0 bridgehead atoms. The Balaban J connectivity index is 2.06. The number of aromatic nitrogens is 2. The summed E-state index contributed by atoms with van der Waals surface area (Å²) in [6.07, 6.45) is 0. The van der Waals surface area contributed by atoms with Gasteiger partial charge in [0.2, 0.25) is 0 Å². The molecule has 5 rings (SSSR count). The first kappa shape index (κ1) is 22.7. The van der Waals surface area contributed by atoms with Gasteiger partial charge in [0.15, 0.2) is 0 Å². The first-order chi connectivity index (χ1) is 16.6. The van der Waals surface area contributed by atoms with Gasteiger partial charge < -0.3 is 0 Å². The number of rotatable bonds is 5. The Kier molecular flexibility index (Phi) is 6.44. The minimum absolute atomic E-state index is 0.0851. The van der Waals surface area contributed by atoms with Crippen LogP contribution in [0.1, 0.15) is 6.92 Å². The summed E-state index contributed by atoms with van der Waals surface area (Å²) in [5, 5.41) is 1.29. The van der Waals surface area contributed by atoms with Crippen LogP contribution in [0.2, 0.25) is 0 Å².